The van der Waals surface area contributed by atoms with Crippen LogP contribution in [-0.2, 0) is 6.42 Å². The third-order valence-corrected chi connectivity index (χ3v) is 5.78. The summed E-state index contributed by atoms with van der Waals surface area (Å²) in [5.41, 5.74) is 9.44. The highest BCUT2D eigenvalue weighted by molar-refractivity contribution is 6.00. The number of ketones is 1. The number of aliphatic hydroxyl groups is 1. The number of nitrogens with two attached hydrogens (primary N) is 1. The smallest absolute Gasteiger partial charge is 0.250 e. The van der Waals surface area contributed by atoms with Crippen molar-refractivity contribution in [2.24, 2.45) is 16.6 Å². The number of fused-ring (bicyclic) bond motifs is 1. The van der Waals surface area contributed by atoms with E-state index in [1.807, 2.05) is 37.6 Å². The quantitative estimate of drug-likeness (QED) is 0.646. The van der Waals surface area contributed by atoms with Crippen LogP contribution in [-0.4, -0.2) is 39.7 Å². The second-order valence-corrected chi connectivity index (χ2v) is 9.85. The molecule has 1 aliphatic rings. The number of primary amides is 1. The number of carbonyl (C=O) groups is 2. The van der Waals surface area contributed by atoms with Gasteiger partial charge >= 0.3 is 0 Å². The number of amides is 1. The average molecular weight is 413 g/mol. The number of carbonyl (C=O) groups excluding carboxylic acids is 2. The van der Waals surface area contributed by atoms with Gasteiger partial charge in [-0.2, -0.15) is 5.10 Å². The number of anilines is 1. The second kappa shape index (κ2) is 7.87. The molecule has 3 rings (SSSR count). The van der Waals surface area contributed by atoms with Gasteiger partial charge in [0.05, 0.1) is 28.2 Å². The van der Waals surface area contributed by atoms with Crippen LogP contribution in [0.4, 0.5) is 5.69 Å². The second-order valence-electron chi connectivity index (χ2n) is 9.85. The van der Waals surface area contributed by atoms with Crippen molar-refractivity contribution in [1.29, 1.82) is 0 Å². The number of benzene rings is 1. The highest BCUT2D eigenvalue weighted by Crippen LogP contribution is 2.37. The summed E-state index contributed by atoms with van der Waals surface area (Å²) >= 11 is 0. The summed E-state index contributed by atoms with van der Waals surface area (Å²) in [5, 5.41) is 17.2. The van der Waals surface area contributed by atoms with E-state index in [0.29, 0.717) is 36.2 Å². The van der Waals surface area contributed by atoms with E-state index in [9.17, 15) is 14.7 Å². The van der Waals surface area contributed by atoms with E-state index in [1.165, 1.54) is 0 Å². The number of hydrogen-bond donors (Lipinski definition) is 3. The molecular weight excluding hydrogens is 380 g/mol. The lowest BCUT2D eigenvalue weighted by molar-refractivity contribution is 0.0909. The van der Waals surface area contributed by atoms with Crippen LogP contribution in [0.1, 0.15) is 72.6 Å². The molecule has 162 valence electrons. The molecule has 1 aromatic carbocycles. The van der Waals surface area contributed by atoms with Gasteiger partial charge in [0, 0.05) is 25.3 Å². The van der Waals surface area contributed by atoms with Gasteiger partial charge in [-0.15, -0.1) is 0 Å². The fraction of sp³-hybridized carbons (Fsp3) is 0.522. The predicted molar refractivity (Wildman–Crippen MR) is 117 cm³/mol. The number of nitrogens with one attached hydrogen (secondary N) is 1. The van der Waals surface area contributed by atoms with Gasteiger partial charge in [-0.3, -0.25) is 9.59 Å². The largest absolute Gasteiger partial charge is 0.396 e. The van der Waals surface area contributed by atoms with Gasteiger partial charge < -0.3 is 16.2 Å². The molecule has 0 fully saturated rings. The number of Topliss-reactive ketones (excluding diaryl/α,β-unsaturated/α-hetero) is 1. The molecule has 0 spiro atoms. The summed E-state index contributed by atoms with van der Waals surface area (Å²) in [6.07, 6.45) is 1.90. The topological polar surface area (TPSA) is 110 Å². The van der Waals surface area contributed by atoms with Crippen molar-refractivity contribution >= 4 is 17.4 Å². The summed E-state index contributed by atoms with van der Waals surface area (Å²) < 4.78 is 1.82. The van der Waals surface area contributed by atoms with Gasteiger partial charge in [-0.1, -0.05) is 27.7 Å². The van der Waals surface area contributed by atoms with Crippen molar-refractivity contribution in [3.63, 3.8) is 0 Å². The number of nitrogens with zero attached hydrogens (tertiary/aromatic N) is 2. The van der Waals surface area contributed by atoms with Crippen molar-refractivity contribution in [1.82, 2.24) is 9.78 Å². The molecule has 1 aliphatic carbocycles. The Labute approximate surface area is 177 Å². The molecule has 0 saturated heterocycles. The van der Waals surface area contributed by atoms with Crippen molar-refractivity contribution < 1.29 is 14.7 Å². The molecule has 30 heavy (non-hydrogen) atoms. The number of rotatable bonds is 7. The Morgan fingerprint density at radius 3 is 2.67 bits per heavy atom. The molecule has 7 nitrogen and oxygen atoms in total. The lowest BCUT2D eigenvalue weighted by Gasteiger charge is -2.29. The molecule has 1 amide bonds. The first-order valence-electron chi connectivity index (χ1n) is 10.3. The lowest BCUT2D eigenvalue weighted by atomic mass is 9.75. The van der Waals surface area contributed by atoms with E-state index in [2.05, 4.69) is 24.3 Å². The van der Waals surface area contributed by atoms with E-state index < -0.39 is 5.91 Å². The molecular formula is C23H32N4O3. The van der Waals surface area contributed by atoms with E-state index >= 15 is 0 Å². The molecule has 0 saturated carbocycles. The number of aromatic nitrogens is 2. The summed E-state index contributed by atoms with van der Waals surface area (Å²) in [6.45, 7) is 10.8. The first-order valence-corrected chi connectivity index (χ1v) is 10.3. The highest BCUT2D eigenvalue weighted by Gasteiger charge is 2.35. The Bertz CT molecular complexity index is 989. The molecule has 1 heterocycles. The zero-order valence-corrected chi connectivity index (χ0v) is 18.5. The summed E-state index contributed by atoms with van der Waals surface area (Å²) in [6, 6.07) is 5.36. The first-order chi connectivity index (χ1) is 13.9. The van der Waals surface area contributed by atoms with Crippen LogP contribution >= 0.6 is 0 Å². The third kappa shape index (κ3) is 4.41. The Hall–Kier alpha value is -2.67. The fourth-order valence-electron chi connectivity index (χ4n) is 4.10. The normalized spacial score (nSPS) is 15.7. The SMILES string of the molecule is Cc1nn(-c2ccc(C(N)=O)c(NCC(C)(C)CCO)c2)c2c1C(=O)CC(C)(C)C2. The standard InChI is InChI=1S/C23H32N4O3/c1-14-20-18(11-23(4,5)12-19(20)29)27(26-14)15-6-7-16(21(24)30)17(10-15)25-13-22(2,3)8-9-28/h6-7,10,25,28H,8-9,11-13H2,1-5H3,(H2,24,30). The van der Waals surface area contributed by atoms with E-state index in [0.717, 1.165) is 23.5 Å². The van der Waals surface area contributed by atoms with E-state index in [1.54, 1.807) is 6.07 Å². The maximum absolute atomic E-state index is 12.7. The minimum absolute atomic E-state index is 0.0971. The molecule has 4 N–H and O–H groups in total. The van der Waals surface area contributed by atoms with Crippen LogP contribution in [0.15, 0.2) is 18.2 Å². The molecule has 2 aromatic rings. The van der Waals surface area contributed by atoms with Crippen LogP contribution in [0.25, 0.3) is 5.69 Å². The number of hydrogen-bond acceptors (Lipinski definition) is 5. The third-order valence-electron chi connectivity index (χ3n) is 5.78. The zero-order chi connectivity index (χ0) is 22.3. The minimum Gasteiger partial charge on any atom is -0.396 e. The summed E-state index contributed by atoms with van der Waals surface area (Å²) in [7, 11) is 0. The van der Waals surface area contributed by atoms with Gasteiger partial charge in [0.25, 0.3) is 5.91 Å². The molecule has 0 radical (unpaired) electrons. The van der Waals surface area contributed by atoms with E-state index in [-0.39, 0.29) is 23.2 Å². The molecule has 0 unspecified atom stereocenters. The maximum atomic E-state index is 12.7. The fourth-order valence-corrected chi connectivity index (χ4v) is 4.10. The van der Waals surface area contributed by atoms with Crippen molar-refractivity contribution in [2.75, 3.05) is 18.5 Å². The highest BCUT2D eigenvalue weighted by atomic mass is 16.3. The summed E-state index contributed by atoms with van der Waals surface area (Å²) in [5.74, 6) is -0.387. The van der Waals surface area contributed by atoms with Crippen LogP contribution < -0.4 is 11.1 Å². The van der Waals surface area contributed by atoms with Crippen LogP contribution in [0, 0.1) is 17.8 Å². The molecule has 1 aromatic heterocycles. The van der Waals surface area contributed by atoms with Gasteiger partial charge in [0.1, 0.15) is 0 Å². The van der Waals surface area contributed by atoms with Crippen molar-refractivity contribution in [3.8, 4) is 5.69 Å². The Balaban J connectivity index is 2.03. The zero-order valence-electron chi connectivity index (χ0n) is 18.5. The number of aryl methyl sites for hydroxylation is 1. The maximum Gasteiger partial charge on any atom is 0.250 e. The van der Waals surface area contributed by atoms with Crippen molar-refractivity contribution in [3.05, 3.63) is 40.7 Å². The van der Waals surface area contributed by atoms with Gasteiger partial charge in [0.15, 0.2) is 5.78 Å². The number of aliphatic hydroxyl groups excluding tert-OH is 1. The van der Waals surface area contributed by atoms with Gasteiger partial charge in [-0.25, -0.2) is 4.68 Å². The minimum atomic E-state index is -0.515. The molecule has 0 atom stereocenters. The van der Waals surface area contributed by atoms with E-state index in [4.69, 9.17) is 5.73 Å². The molecule has 0 bridgehead atoms. The summed E-state index contributed by atoms with van der Waals surface area (Å²) in [4.78, 5) is 24.7. The molecule has 7 heteroatoms. The van der Waals surface area contributed by atoms with Gasteiger partial charge in [0.2, 0.25) is 0 Å². The Morgan fingerprint density at radius 1 is 1.33 bits per heavy atom. The van der Waals surface area contributed by atoms with Crippen molar-refractivity contribution in [2.45, 2.75) is 53.9 Å². The average Bonchev–Trinajstić information content (AvgIpc) is 2.95. The Kier molecular flexibility index (Phi) is 5.78. The van der Waals surface area contributed by atoms with Crippen LogP contribution in [0.2, 0.25) is 0 Å². The van der Waals surface area contributed by atoms with Crippen LogP contribution in [0.5, 0.6) is 0 Å². The van der Waals surface area contributed by atoms with Crippen LogP contribution in [0.3, 0.4) is 0 Å². The lowest BCUT2D eigenvalue weighted by Crippen LogP contribution is -2.28. The first kappa shape index (κ1) is 22.0. The monoisotopic (exact) mass is 412 g/mol. The Morgan fingerprint density at radius 2 is 2.03 bits per heavy atom. The predicted octanol–water partition coefficient (Wildman–Crippen LogP) is 3.26. The molecule has 0 aliphatic heterocycles. The van der Waals surface area contributed by atoms with Gasteiger partial charge in [-0.05, 0) is 48.8 Å².